The molecule has 0 unspecified atom stereocenters. The van der Waals surface area contributed by atoms with Crippen LogP contribution in [0.3, 0.4) is 0 Å². The van der Waals surface area contributed by atoms with Gasteiger partial charge in [0, 0.05) is 19.7 Å². The van der Waals surface area contributed by atoms with E-state index < -0.39 is 11.6 Å². The van der Waals surface area contributed by atoms with Crippen molar-refractivity contribution in [2.24, 2.45) is 0 Å². The van der Waals surface area contributed by atoms with Crippen molar-refractivity contribution in [1.82, 2.24) is 4.90 Å². The van der Waals surface area contributed by atoms with Crippen molar-refractivity contribution < 1.29 is 13.6 Å². The first-order valence-corrected chi connectivity index (χ1v) is 5.48. The molecule has 5 heteroatoms. The van der Waals surface area contributed by atoms with Crippen molar-refractivity contribution in [1.29, 1.82) is 0 Å². The van der Waals surface area contributed by atoms with Crippen molar-refractivity contribution in [3.63, 3.8) is 0 Å². The second-order valence-electron chi connectivity index (χ2n) is 3.90. The summed E-state index contributed by atoms with van der Waals surface area (Å²) in [5, 5.41) is -0.145. The molecule has 17 heavy (non-hydrogen) atoms. The molecule has 2 nitrogen and oxygen atoms in total. The number of likely N-dealkylation sites (N-methyl/N-ethyl adjacent to an activating group) is 1. The van der Waals surface area contributed by atoms with E-state index in [0.717, 1.165) is 12.1 Å². The zero-order valence-electron chi connectivity index (χ0n) is 9.14. The third-order valence-corrected chi connectivity index (χ3v) is 3.05. The predicted molar refractivity (Wildman–Crippen MR) is 61.6 cm³/mol. The minimum atomic E-state index is -0.810. The Morgan fingerprint density at radius 1 is 1.35 bits per heavy atom. The Labute approximate surface area is 102 Å². The molecule has 1 aromatic carbocycles. The Kier molecular flexibility index (Phi) is 3.15. The summed E-state index contributed by atoms with van der Waals surface area (Å²) < 4.78 is 27.3. The third-order valence-electron chi connectivity index (χ3n) is 2.76. The molecule has 0 aliphatic carbocycles. The van der Waals surface area contributed by atoms with Gasteiger partial charge in [-0.15, -0.1) is 0 Å². The Balaban J connectivity index is 2.52. The van der Waals surface area contributed by atoms with Crippen molar-refractivity contribution in [2.75, 3.05) is 13.6 Å². The van der Waals surface area contributed by atoms with Gasteiger partial charge < -0.3 is 4.90 Å². The Bertz CT molecular complexity index is 513. The van der Waals surface area contributed by atoms with Crippen LogP contribution in [-0.2, 0) is 4.79 Å². The van der Waals surface area contributed by atoms with Crippen molar-refractivity contribution in [3.8, 4) is 0 Å². The topological polar surface area (TPSA) is 20.3 Å². The molecule has 1 amide bonds. The van der Waals surface area contributed by atoms with Crippen LogP contribution in [-0.4, -0.2) is 24.4 Å². The fourth-order valence-electron chi connectivity index (χ4n) is 1.75. The molecule has 0 bridgehead atoms. The maximum absolute atomic E-state index is 13.7. The molecule has 90 valence electrons. The zero-order valence-corrected chi connectivity index (χ0v) is 9.89. The van der Waals surface area contributed by atoms with Crippen molar-refractivity contribution in [3.05, 3.63) is 40.4 Å². The van der Waals surface area contributed by atoms with Gasteiger partial charge in [-0.2, -0.15) is 0 Å². The highest BCUT2D eigenvalue weighted by Crippen LogP contribution is 2.30. The Morgan fingerprint density at radius 3 is 2.71 bits per heavy atom. The van der Waals surface area contributed by atoms with Gasteiger partial charge in [0.25, 0.3) is 0 Å². The highest BCUT2D eigenvalue weighted by atomic mass is 35.5. The molecular formula is C12H10ClF2NO. The SMILES string of the molecule is CN1CCC(c2c(F)ccc(Cl)c2F)=CC1=O. The van der Waals surface area contributed by atoms with E-state index in [1.165, 1.54) is 11.0 Å². The lowest BCUT2D eigenvalue weighted by molar-refractivity contribution is -0.125. The van der Waals surface area contributed by atoms with Crippen LogP contribution in [0.25, 0.3) is 5.57 Å². The largest absolute Gasteiger partial charge is 0.342 e. The van der Waals surface area contributed by atoms with Crippen LogP contribution in [0.2, 0.25) is 5.02 Å². The van der Waals surface area contributed by atoms with Gasteiger partial charge >= 0.3 is 0 Å². The van der Waals surface area contributed by atoms with Gasteiger partial charge in [0.05, 0.1) is 10.6 Å². The number of rotatable bonds is 1. The fourth-order valence-corrected chi connectivity index (χ4v) is 1.91. The summed E-state index contributed by atoms with van der Waals surface area (Å²) in [7, 11) is 1.64. The van der Waals surface area contributed by atoms with Crippen LogP contribution in [0.15, 0.2) is 18.2 Å². The molecular weight excluding hydrogens is 248 g/mol. The standard InChI is InChI=1S/C12H10ClF2NO/c1-16-5-4-7(6-10(16)17)11-9(14)3-2-8(13)12(11)15/h2-3,6H,4-5H2,1H3. The number of amides is 1. The third kappa shape index (κ3) is 2.17. The number of hydrogen-bond acceptors (Lipinski definition) is 1. The van der Waals surface area contributed by atoms with Crippen molar-refractivity contribution in [2.45, 2.75) is 6.42 Å². The van der Waals surface area contributed by atoms with E-state index in [9.17, 15) is 13.6 Å². The fraction of sp³-hybridized carbons (Fsp3) is 0.250. The summed E-state index contributed by atoms with van der Waals surface area (Å²) in [5.41, 5.74) is 0.157. The van der Waals surface area contributed by atoms with E-state index in [0.29, 0.717) is 18.5 Å². The maximum atomic E-state index is 13.7. The molecule has 0 N–H and O–H groups in total. The zero-order chi connectivity index (χ0) is 12.6. The van der Waals surface area contributed by atoms with E-state index in [4.69, 9.17) is 11.6 Å². The molecule has 0 spiro atoms. The first-order valence-electron chi connectivity index (χ1n) is 5.10. The minimum Gasteiger partial charge on any atom is -0.342 e. The van der Waals surface area contributed by atoms with Crippen LogP contribution < -0.4 is 0 Å². The summed E-state index contributed by atoms with van der Waals surface area (Å²) in [6.45, 7) is 0.441. The monoisotopic (exact) mass is 257 g/mol. The van der Waals surface area contributed by atoms with Gasteiger partial charge in [0.15, 0.2) is 5.82 Å². The molecule has 0 saturated carbocycles. The lowest BCUT2D eigenvalue weighted by Gasteiger charge is -2.22. The summed E-state index contributed by atoms with van der Waals surface area (Å²) >= 11 is 5.61. The van der Waals surface area contributed by atoms with Crippen LogP contribution in [0.1, 0.15) is 12.0 Å². The second kappa shape index (κ2) is 4.45. The minimum absolute atomic E-state index is 0.145. The molecule has 0 radical (unpaired) electrons. The average Bonchev–Trinajstić information content (AvgIpc) is 2.29. The highest BCUT2D eigenvalue weighted by Gasteiger charge is 2.22. The lowest BCUT2D eigenvalue weighted by atomic mass is 9.98. The van der Waals surface area contributed by atoms with Crippen LogP contribution in [0.4, 0.5) is 8.78 Å². The first-order chi connectivity index (χ1) is 8.00. The molecule has 0 aromatic heterocycles. The number of benzene rings is 1. The Morgan fingerprint density at radius 2 is 2.06 bits per heavy atom. The molecule has 0 atom stereocenters. The second-order valence-corrected chi connectivity index (χ2v) is 4.30. The number of carbonyl (C=O) groups is 1. The number of halogens is 3. The molecule has 2 rings (SSSR count). The number of carbonyl (C=O) groups excluding carboxylic acids is 1. The van der Waals surface area contributed by atoms with Crippen LogP contribution in [0.5, 0.6) is 0 Å². The predicted octanol–water partition coefficient (Wildman–Crippen LogP) is 2.86. The molecule has 1 aliphatic rings. The average molecular weight is 258 g/mol. The van der Waals surface area contributed by atoms with Gasteiger partial charge in [-0.1, -0.05) is 11.6 Å². The summed E-state index contributed by atoms with van der Waals surface area (Å²) in [6, 6.07) is 2.26. The summed E-state index contributed by atoms with van der Waals surface area (Å²) in [6.07, 6.45) is 1.66. The normalized spacial score (nSPS) is 16.1. The molecule has 0 saturated heterocycles. The molecule has 0 fully saturated rings. The van der Waals surface area contributed by atoms with Gasteiger partial charge in [0.1, 0.15) is 5.82 Å². The highest BCUT2D eigenvalue weighted by molar-refractivity contribution is 6.31. The molecule has 1 aromatic rings. The summed E-state index contributed by atoms with van der Waals surface area (Å²) in [5.74, 6) is -1.77. The van der Waals surface area contributed by atoms with E-state index in [2.05, 4.69) is 0 Å². The quantitative estimate of drug-likeness (QED) is 0.709. The number of hydrogen-bond donors (Lipinski definition) is 0. The van der Waals surface area contributed by atoms with Gasteiger partial charge in [-0.05, 0) is 24.1 Å². The van der Waals surface area contributed by atoms with E-state index in [-0.39, 0.29) is 16.5 Å². The summed E-state index contributed by atoms with van der Waals surface area (Å²) in [4.78, 5) is 12.9. The van der Waals surface area contributed by atoms with E-state index >= 15 is 0 Å². The van der Waals surface area contributed by atoms with Gasteiger partial charge in [0.2, 0.25) is 5.91 Å². The first kappa shape index (κ1) is 12.0. The lowest BCUT2D eigenvalue weighted by Crippen LogP contribution is -2.29. The smallest absolute Gasteiger partial charge is 0.246 e. The van der Waals surface area contributed by atoms with E-state index in [1.54, 1.807) is 7.05 Å². The Hall–Kier alpha value is -1.42. The number of nitrogens with zero attached hydrogens (tertiary/aromatic N) is 1. The van der Waals surface area contributed by atoms with Crippen LogP contribution >= 0.6 is 11.6 Å². The van der Waals surface area contributed by atoms with Gasteiger partial charge in [-0.3, -0.25) is 4.79 Å². The van der Waals surface area contributed by atoms with Gasteiger partial charge in [-0.25, -0.2) is 8.78 Å². The van der Waals surface area contributed by atoms with Crippen molar-refractivity contribution >= 4 is 23.1 Å². The van der Waals surface area contributed by atoms with Crippen LogP contribution in [0, 0.1) is 11.6 Å². The maximum Gasteiger partial charge on any atom is 0.246 e. The molecule has 1 aliphatic heterocycles. The molecule has 1 heterocycles. The van der Waals surface area contributed by atoms with E-state index in [1.807, 2.05) is 0 Å².